The number of rotatable bonds is 5. The first-order chi connectivity index (χ1) is 9.31. The minimum atomic E-state index is -0.808. The van der Waals surface area contributed by atoms with Crippen LogP contribution in [0.1, 0.15) is 20.8 Å². The number of methoxy groups -OCH3 is 1. The van der Waals surface area contributed by atoms with Gasteiger partial charge >= 0.3 is 12.1 Å². The van der Waals surface area contributed by atoms with Crippen LogP contribution in [0.5, 0.6) is 0 Å². The molecule has 1 rings (SSSR count). The number of hydrogen-bond acceptors (Lipinski definition) is 6. The fraction of sp³-hybridized carbons (Fsp3) is 0.538. The summed E-state index contributed by atoms with van der Waals surface area (Å²) in [7, 11) is 1.28. The first-order valence-corrected chi connectivity index (χ1v) is 7.04. The average molecular weight is 300 g/mol. The van der Waals surface area contributed by atoms with Crippen molar-refractivity contribution in [1.29, 1.82) is 0 Å². The molecule has 0 aliphatic carbocycles. The van der Waals surface area contributed by atoms with Gasteiger partial charge in [0.2, 0.25) is 0 Å². The molecule has 1 aromatic heterocycles. The van der Waals surface area contributed by atoms with Crippen LogP contribution in [0.25, 0.3) is 0 Å². The van der Waals surface area contributed by atoms with Crippen molar-refractivity contribution >= 4 is 28.4 Å². The molecule has 7 heteroatoms. The van der Waals surface area contributed by atoms with Gasteiger partial charge in [-0.2, -0.15) is 0 Å². The smallest absolute Gasteiger partial charge is 0.408 e. The van der Waals surface area contributed by atoms with Gasteiger partial charge in [-0.25, -0.2) is 9.59 Å². The second-order valence-electron chi connectivity index (χ2n) is 5.08. The molecule has 112 valence electrons. The summed E-state index contributed by atoms with van der Waals surface area (Å²) < 4.78 is 9.78. The molecular weight excluding hydrogens is 280 g/mol. The maximum Gasteiger partial charge on any atom is 0.408 e. The van der Waals surface area contributed by atoms with Crippen LogP contribution < -0.4 is 10.6 Å². The molecule has 0 radical (unpaired) electrons. The highest BCUT2D eigenvalue weighted by Crippen LogP contribution is 2.14. The van der Waals surface area contributed by atoms with Crippen molar-refractivity contribution < 1.29 is 19.1 Å². The van der Waals surface area contributed by atoms with Gasteiger partial charge in [-0.05, 0) is 38.3 Å². The molecule has 1 aromatic rings. The summed E-state index contributed by atoms with van der Waals surface area (Å²) in [6.45, 7) is 5.49. The van der Waals surface area contributed by atoms with Crippen LogP contribution in [-0.4, -0.2) is 37.4 Å². The molecule has 0 bridgehead atoms. The van der Waals surface area contributed by atoms with Gasteiger partial charge in [0.1, 0.15) is 11.6 Å². The van der Waals surface area contributed by atoms with E-state index in [4.69, 9.17) is 4.74 Å². The molecule has 0 aliphatic rings. The van der Waals surface area contributed by atoms with Crippen molar-refractivity contribution in [2.75, 3.05) is 19.0 Å². The van der Waals surface area contributed by atoms with Crippen LogP contribution in [0.3, 0.4) is 0 Å². The van der Waals surface area contributed by atoms with Gasteiger partial charge < -0.3 is 20.1 Å². The number of esters is 1. The molecule has 2 N–H and O–H groups in total. The third-order valence-corrected chi connectivity index (χ3v) is 3.01. The second-order valence-corrected chi connectivity index (χ2v) is 6.03. The molecule has 0 spiro atoms. The summed E-state index contributed by atoms with van der Waals surface area (Å²) >= 11 is 1.51. The highest BCUT2D eigenvalue weighted by Gasteiger charge is 2.24. The molecule has 0 saturated carbocycles. The number of amides is 1. The van der Waals surface area contributed by atoms with E-state index in [1.165, 1.54) is 18.4 Å². The van der Waals surface area contributed by atoms with E-state index < -0.39 is 23.7 Å². The van der Waals surface area contributed by atoms with Crippen molar-refractivity contribution in [3.05, 3.63) is 17.5 Å². The lowest BCUT2D eigenvalue weighted by molar-refractivity contribution is -0.142. The molecule has 1 atom stereocenters. The van der Waals surface area contributed by atoms with Crippen LogP contribution in [-0.2, 0) is 14.3 Å². The minimum absolute atomic E-state index is 0.229. The number of carbonyl (C=O) groups is 2. The summed E-state index contributed by atoms with van der Waals surface area (Å²) in [5.41, 5.74) is -0.619. The van der Waals surface area contributed by atoms with Crippen molar-refractivity contribution in [3.8, 4) is 0 Å². The lowest BCUT2D eigenvalue weighted by Crippen LogP contribution is -2.47. The molecule has 0 aromatic carbocycles. The van der Waals surface area contributed by atoms with Gasteiger partial charge in [-0.3, -0.25) is 0 Å². The predicted octanol–water partition coefficient (Wildman–Crippen LogP) is 2.23. The Bertz CT molecular complexity index is 440. The Balaban J connectivity index is 2.56. The van der Waals surface area contributed by atoms with E-state index in [0.717, 1.165) is 5.00 Å². The largest absolute Gasteiger partial charge is 0.467 e. The molecule has 6 nitrogen and oxygen atoms in total. The van der Waals surface area contributed by atoms with Gasteiger partial charge in [0, 0.05) is 6.54 Å². The third-order valence-electron chi connectivity index (χ3n) is 2.18. The summed E-state index contributed by atoms with van der Waals surface area (Å²) in [6, 6.07) is 2.96. The standard InChI is InChI=1S/C13H20N2O4S/c1-13(2,3)19-12(17)15-9(11(16)18-4)8-14-10-6-5-7-20-10/h5-7,9,14H,8H2,1-4H3,(H,15,17)/t9-/m0/s1. The van der Waals surface area contributed by atoms with E-state index in [0.29, 0.717) is 0 Å². The van der Waals surface area contributed by atoms with Crippen LogP contribution in [0.15, 0.2) is 17.5 Å². The van der Waals surface area contributed by atoms with Crippen LogP contribution >= 0.6 is 11.3 Å². The van der Waals surface area contributed by atoms with Gasteiger partial charge in [0.25, 0.3) is 0 Å². The third kappa shape index (κ3) is 5.92. The fourth-order valence-electron chi connectivity index (χ4n) is 1.37. The first-order valence-electron chi connectivity index (χ1n) is 6.16. The van der Waals surface area contributed by atoms with Gasteiger partial charge in [-0.1, -0.05) is 0 Å². The number of carbonyl (C=O) groups excluding carboxylic acids is 2. The zero-order valence-electron chi connectivity index (χ0n) is 12.1. The zero-order valence-corrected chi connectivity index (χ0v) is 12.9. The molecule has 20 heavy (non-hydrogen) atoms. The van der Waals surface area contributed by atoms with Crippen molar-refractivity contribution in [2.24, 2.45) is 0 Å². The highest BCUT2D eigenvalue weighted by molar-refractivity contribution is 7.14. The molecule has 1 heterocycles. The maximum absolute atomic E-state index is 11.7. The van der Waals surface area contributed by atoms with Crippen LogP contribution in [0, 0.1) is 0 Å². The number of nitrogens with one attached hydrogen (secondary N) is 2. The SMILES string of the molecule is COC(=O)[C@H](CNc1cccs1)NC(=O)OC(C)(C)C. The predicted molar refractivity (Wildman–Crippen MR) is 78.0 cm³/mol. The Morgan fingerprint density at radius 1 is 1.40 bits per heavy atom. The minimum Gasteiger partial charge on any atom is -0.467 e. The van der Waals surface area contributed by atoms with E-state index in [-0.39, 0.29) is 6.54 Å². The highest BCUT2D eigenvalue weighted by atomic mass is 32.1. The van der Waals surface area contributed by atoms with Crippen LogP contribution in [0.2, 0.25) is 0 Å². The molecule has 0 saturated heterocycles. The summed E-state index contributed by atoms with van der Waals surface area (Å²) in [5, 5.41) is 8.37. The fourth-order valence-corrected chi connectivity index (χ4v) is 1.99. The first kappa shape index (κ1) is 16.3. The molecule has 0 aliphatic heterocycles. The summed E-state index contributed by atoms with van der Waals surface area (Å²) in [6.07, 6.45) is -0.652. The molecule has 0 unspecified atom stereocenters. The van der Waals surface area contributed by atoms with Crippen LogP contribution in [0.4, 0.5) is 9.80 Å². The lowest BCUT2D eigenvalue weighted by Gasteiger charge is -2.22. The van der Waals surface area contributed by atoms with E-state index in [9.17, 15) is 9.59 Å². The lowest BCUT2D eigenvalue weighted by atomic mass is 10.2. The maximum atomic E-state index is 11.7. The number of thiophene rings is 1. The van der Waals surface area contributed by atoms with Crippen molar-refractivity contribution in [1.82, 2.24) is 5.32 Å². The quantitative estimate of drug-likeness (QED) is 0.815. The van der Waals surface area contributed by atoms with E-state index in [1.54, 1.807) is 20.8 Å². The Morgan fingerprint density at radius 2 is 2.10 bits per heavy atom. The van der Waals surface area contributed by atoms with Gasteiger partial charge in [0.15, 0.2) is 0 Å². The Morgan fingerprint density at radius 3 is 2.60 bits per heavy atom. The number of alkyl carbamates (subject to hydrolysis) is 1. The van der Waals surface area contributed by atoms with E-state index >= 15 is 0 Å². The molecule has 0 fully saturated rings. The van der Waals surface area contributed by atoms with Crippen molar-refractivity contribution in [2.45, 2.75) is 32.4 Å². The van der Waals surface area contributed by atoms with Crippen molar-refractivity contribution in [3.63, 3.8) is 0 Å². The Kier molecular flexibility index (Phi) is 5.82. The number of ether oxygens (including phenoxy) is 2. The zero-order chi connectivity index (χ0) is 15.2. The Labute approximate surface area is 122 Å². The van der Waals surface area contributed by atoms with E-state index in [1.807, 2.05) is 17.5 Å². The summed E-state index contributed by atoms with van der Waals surface area (Å²) in [4.78, 5) is 23.3. The van der Waals surface area contributed by atoms with Gasteiger partial charge in [-0.15, -0.1) is 11.3 Å². The normalized spacial score (nSPS) is 12.4. The summed E-state index contributed by atoms with van der Waals surface area (Å²) in [5.74, 6) is -0.528. The number of anilines is 1. The Hall–Kier alpha value is -1.76. The van der Waals surface area contributed by atoms with E-state index in [2.05, 4.69) is 15.4 Å². The topological polar surface area (TPSA) is 76.7 Å². The number of hydrogen-bond donors (Lipinski definition) is 2. The second kappa shape index (κ2) is 7.14. The van der Waals surface area contributed by atoms with Gasteiger partial charge in [0.05, 0.1) is 12.1 Å². The molecular formula is C13H20N2O4S. The monoisotopic (exact) mass is 300 g/mol. The molecule has 1 amide bonds. The average Bonchev–Trinajstić information content (AvgIpc) is 2.84.